The molecule has 154 valence electrons. The summed E-state index contributed by atoms with van der Waals surface area (Å²) in [7, 11) is 0. The van der Waals surface area contributed by atoms with Crippen molar-refractivity contribution in [2.45, 2.75) is 25.1 Å². The molecule has 3 amide bonds. The van der Waals surface area contributed by atoms with Crippen LogP contribution in [0.3, 0.4) is 0 Å². The number of nitrogens with zero attached hydrogens (tertiary/aromatic N) is 1. The van der Waals surface area contributed by atoms with Crippen LogP contribution < -0.4 is 16.0 Å². The van der Waals surface area contributed by atoms with E-state index in [1.165, 1.54) is 0 Å². The third kappa shape index (κ3) is 5.92. The van der Waals surface area contributed by atoms with Gasteiger partial charge in [0.15, 0.2) is 0 Å². The summed E-state index contributed by atoms with van der Waals surface area (Å²) < 4.78 is 43.0. The number of rotatable bonds is 5. The molecule has 0 bridgehead atoms. The molecule has 0 radical (unpaired) electrons. The van der Waals surface area contributed by atoms with Crippen LogP contribution in [-0.2, 0) is 10.9 Å². The summed E-state index contributed by atoms with van der Waals surface area (Å²) in [6, 6.07) is 7.74. The van der Waals surface area contributed by atoms with Crippen molar-refractivity contribution in [3.05, 3.63) is 53.9 Å². The molecular formula is C19H19F3N4O3. The van der Waals surface area contributed by atoms with Crippen LogP contribution >= 0.6 is 0 Å². The number of aromatic nitrogens is 1. The Morgan fingerprint density at radius 1 is 1.07 bits per heavy atom. The van der Waals surface area contributed by atoms with Crippen molar-refractivity contribution in [1.29, 1.82) is 0 Å². The first-order valence-electron chi connectivity index (χ1n) is 8.92. The first-order chi connectivity index (χ1) is 13.8. The van der Waals surface area contributed by atoms with E-state index >= 15 is 0 Å². The molecule has 7 nitrogen and oxygen atoms in total. The predicted molar refractivity (Wildman–Crippen MR) is 99.6 cm³/mol. The Morgan fingerprint density at radius 2 is 1.76 bits per heavy atom. The van der Waals surface area contributed by atoms with E-state index in [9.17, 15) is 22.8 Å². The van der Waals surface area contributed by atoms with Crippen LogP contribution in [0.1, 0.15) is 28.9 Å². The molecule has 0 saturated carbocycles. The fourth-order valence-electron chi connectivity index (χ4n) is 2.72. The molecule has 0 aliphatic carbocycles. The molecule has 3 rings (SSSR count). The molecule has 1 fully saturated rings. The van der Waals surface area contributed by atoms with Crippen molar-refractivity contribution >= 4 is 23.3 Å². The summed E-state index contributed by atoms with van der Waals surface area (Å²) in [5.41, 5.74) is -0.139. The summed E-state index contributed by atoms with van der Waals surface area (Å²) in [4.78, 5) is 27.3. The number of pyridine rings is 1. The molecule has 1 unspecified atom stereocenters. The lowest BCUT2D eigenvalue weighted by atomic mass is 10.2. The third-order valence-corrected chi connectivity index (χ3v) is 4.23. The number of hydrogen-bond acceptors (Lipinski definition) is 4. The van der Waals surface area contributed by atoms with Gasteiger partial charge >= 0.3 is 12.2 Å². The molecule has 1 atom stereocenters. The van der Waals surface area contributed by atoms with Crippen LogP contribution in [-0.4, -0.2) is 36.2 Å². The van der Waals surface area contributed by atoms with Gasteiger partial charge in [-0.1, -0.05) is 0 Å². The summed E-state index contributed by atoms with van der Waals surface area (Å²) in [5, 5.41) is 7.94. The largest absolute Gasteiger partial charge is 0.433 e. The summed E-state index contributed by atoms with van der Waals surface area (Å²) in [6.45, 7) is 1.14. The molecule has 2 heterocycles. The fourth-order valence-corrected chi connectivity index (χ4v) is 2.72. The van der Waals surface area contributed by atoms with E-state index in [4.69, 9.17) is 4.74 Å². The van der Waals surface area contributed by atoms with Gasteiger partial charge in [0.05, 0.1) is 11.7 Å². The highest BCUT2D eigenvalue weighted by Gasteiger charge is 2.32. The Labute approximate surface area is 164 Å². The molecule has 1 aromatic carbocycles. The van der Waals surface area contributed by atoms with Gasteiger partial charge in [-0.25, -0.2) is 4.79 Å². The zero-order valence-corrected chi connectivity index (χ0v) is 15.3. The second-order valence-electron chi connectivity index (χ2n) is 6.43. The number of nitrogens with one attached hydrogen (secondary N) is 3. The van der Waals surface area contributed by atoms with Gasteiger partial charge in [0, 0.05) is 30.7 Å². The molecule has 10 heteroatoms. The lowest BCUT2D eigenvalue weighted by molar-refractivity contribution is -0.141. The average Bonchev–Trinajstić information content (AvgIpc) is 3.21. The molecule has 29 heavy (non-hydrogen) atoms. The molecule has 3 N–H and O–H groups in total. The van der Waals surface area contributed by atoms with Gasteiger partial charge in [0.2, 0.25) is 0 Å². The van der Waals surface area contributed by atoms with Gasteiger partial charge in [-0.3, -0.25) is 9.78 Å². The van der Waals surface area contributed by atoms with E-state index in [1.54, 1.807) is 24.3 Å². The van der Waals surface area contributed by atoms with Gasteiger partial charge < -0.3 is 20.7 Å². The van der Waals surface area contributed by atoms with E-state index < -0.39 is 17.8 Å². The quantitative estimate of drug-likeness (QED) is 0.704. The highest BCUT2D eigenvalue weighted by molar-refractivity contribution is 6.04. The lowest BCUT2D eigenvalue weighted by Crippen LogP contribution is -2.35. The average molecular weight is 408 g/mol. The van der Waals surface area contributed by atoms with E-state index in [1.807, 2.05) is 0 Å². The standard InChI is InChI=1S/C19H19F3N4O3/c20-19(21,22)16-8-3-12(10-23-16)17(27)25-13-4-6-14(7-5-13)26-18(28)24-11-15-2-1-9-29-15/h3-8,10,15H,1-2,9,11H2,(H,25,27)(H2,24,26,28). The summed E-state index contributed by atoms with van der Waals surface area (Å²) in [5.74, 6) is -0.596. The molecule has 1 aliphatic rings. The third-order valence-electron chi connectivity index (χ3n) is 4.23. The number of halogens is 3. The topological polar surface area (TPSA) is 92.4 Å². The smallest absolute Gasteiger partial charge is 0.376 e. The number of hydrogen-bond donors (Lipinski definition) is 3. The second kappa shape index (κ2) is 8.91. The van der Waals surface area contributed by atoms with Gasteiger partial charge in [0.1, 0.15) is 5.69 Å². The van der Waals surface area contributed by atoms with E-state index in [-0.39, 0.29) is 17.7 Å². The van der Waals surface area contributed by atoms with Crippen LogP contribution in [0.5, 0.6) is 0 Å². The van der Waals surface area contributed by atoms with E-state index in [0.29, 0.717) is 24.5 Å². The van der Waals surface area contributed by atoms with Gasteiger partial charge in [-0.2, -0.15) is 13.2 Å². The van der Waals surface area contributed by atoms with Crippen molar-refractivity contribution < 1.29 is 27.5 Å². The number of anilines is 2. The number of benzene rings is 1. The summed E-state index contributed by atoms with van der Waals surface area (Å²) >= 11 is 0. The van der Waals surface area contributed by atoms with Crippen LogP contribution in [0.15, 0.2) is 42.6 Å². The Morgan fingerprint density at radius 3 is 2.31 bits per heavy atom. The first-order valence-corrected chi connectivity index (χ1v) is 8.92. The normalized spacial score (nSPS) is 16.3. The fraction of sp³-hybridized carbons (Fsp3) is 0.316. The van der Waals surface area contributed by atoms with Crippen molar-refractivity contribution in [2.75, 3.05) is 23.8 Å². The predicted octanol–water partition coefficient (Wildman–Crippen LogP) is 3.65. The number of carbonyl (C=O) groups excluding carboxylic acids is 2. The van der Waals surface area contributed by atoms with E-state index in [2.05, 4.69) is 20.9 Å². The second-order valence-corrected chi connectivity index (χ2v) is 6.43. The minimum absolute atomic E-state index is 0.00582. The van der Waals surface area contributed by atoms with Crippen molar-refractivity contribution in [3.8, 4) is 0 Å². The summed E-state index contributed by atoms with van der Waals surface area (Å²) in [6.07, 6.45) is -1.74. The zero-order valence-electron chi connectivity index (χ0n) is 15.3. The Balaban J connectivity index is 1.50. The number of ether oxygens (including phenoxy) is 1. The zero-order chi connectivity index (χ0) is 20.9. The molecule has 1 aliphatic heterocycles. The minimum Gasteiger partial charge on any atom is -0.376 e. The molecule has 2 aromatic rings. The van der Waals surface area contributed by atoms with E-state index in [0.717, 1.165) is 31.2 Å². The molecule has 1 saturated heterocycles. The number of amides is 3. The van der Waals surface area contributed by atoms with Gasteiger partial charge in [0.25, 0.3) is 5.91 Å². The minimum atomic E-state index is -4.56. The van der Waals surface area contributed by atoms with Crippen molar-refractivity contribution in [2.24, 2.45) is 0 Å². The monoisotopic (exact) mass is 408 g/mol. The SMILES string of the molecule is O=C(NCC1CCCO1)Nc1ccc(NC(=O)c2ccc(C(F)(F)F)nc2)cc1. The maximum absolute atomic E-state index is 12.5. The van der Waals surface area contributed by atoms with Crippen LogP contribution in [0.4, 0.5) is 29.3 Å². The molecule has 1 aromatic heterocycles. The first kappa shape index (κ1) is 20.6. The lowest BCUT2D eigenvalue weighted by Gasteiger charge is -2.12. The Hall–Kier alpha value is -3.14. The van der Waals surface area contributed by atoms with Crippen LogP contribution in [0, 0.1) is 0 Å². The van der Waals surface area contributed by atoms with Gasteiger partial charge in [-0.05, 0) is 49.2 Å². The molecular weight excluding hydrogens is 389 g/mol. The van der Waals surface area contributed by atoms with Crippen molar-refractivity contribution in [1.82, 2.24) is 10.3 Å². The number of carbonyl (C=O) groups is 2. The van der Waals surface area contributed by atoms with Gasteiger partial charge in [-0.15, -0.1) is 0 Å². The molecule has 0 spiro atoms. The maximum atomic E-state index is 12.5. The highest BCUT2D eigenvalue weighted by Crippen LogP contribution is 2.27. The van der Waals surface area contributed by atoms with Crippen molar-refractivity contribution in [3.63, 3.8) is 0 Å². The Bertz CT molecular complexity index is 848. The van der Waals surface area contributed by atoms with Crippen LogP contribution in [0.25, 0.3) is 0 Å². The maximum Gasteiger partial charge on any atom is 0.433 e. The number of alkyl halides is 3. The number of urea groups is 1. The van der Waals surface area contributed by atoms with Crippen LogP contribution in [0.2, 0.25) is 0 Å². The highest BCUT2D eigenvalue weighted by atomic mass is 19.4. The Kier molecular flexibility index (Phi) is 6.32.